The van der Waals surface area contributed by atoms with Crippen LogP contribution in [-0.4, -0.2) is 12.0 Å². The van der Waals surface area contributed by atoms with Gasteiger partial charge in [0, 0.05) is 18.4 Å². The Morgan fingerprint density at radius 1 is 1.17 bits per heavy atom. The molecule has 0 aliphatic rings. The molecule has 2 rings (SSSR count). The van der Waals surface area contributed by atoms with Gasteiger partial charge in [0.2, 0.25) is 0 Å². The van der Waals surface area contributed by atoms with Gasteiger partial charge >= 0.3 is 0 Å². The van der Waals surface area contributed by atoms with E-state index in [-0.39, 0.29) is 0 Å². The third-order valence-corrected chi connectivity index (χ3v) is 3.20. The summed E-state index contributed by atoms with van der Waals surface area (Å²) in [6, 6.07) is 13.2. The minimum Gasteiger partial charge on any atom is -0.313 e. The lowest BCUT2D eigenvalue weighted by molar-refractivity contribution is 0.549. The van der Waals surface area contributed by atoms with Crippen LogP contribution in [0.15, 0.2) is 48.8 Å². The highest BCUT2D eigenvalue weighted by Crippen LogP contribution is 2.18. The van der Waals surface area contributed by atoms with Crippen molar-refractivity contribution in [3.05, 3.63) is 65.5 Å². The highest BCUT2D eigenvalue weighted by molar-refractivity contribution is 5.20. The maximum absolute atomic E-state index is 4.24. The summed E-state index contributed by atoms with van der Waals surface area (Å²) in [5, 5.41) is 3.38. The van der Waals surface area contributed by atoms with E-state index in [2.05, 4.69) is 53.6 Å². The van der Waals surface area contributed by atoms with Crippen molar-refractivity contribution in [1.82, 2.24) is 10.3 Å². The molecule has 0 spiro atoms. The highest BCUT2D eigenvalue weighted by atomic mass is 14.9. The zero-order chi connectivity index (χ0) is 12.8. The molecular weight excluding hydrogens is 220 g/mol. The Hall–Kier alpha value is -1.67. The van der Waals surface area contributed by atoms with Crippen molar-refractivity contribution in [2.24, 2.45) is 0 Å². The Balaban J connectivity index is 2.00. The van der Waals surface area contributed by atoms with Gasteiger partial charge in [0.05, 0.1) is 0 Å². The van der Waals surface area contributed by atoms with Gasteiger partial charge in [-0.3, -0.25) is 4.98 Å². The van der Waals surface area contributed by atoms with E-state index in [1.807, 2.05) is 19.4 Å². The second-order valence-electron chi connectivity index (χ2n) is 4.66. The molecule has 2 aromatic rings. The van der Waals surface area contributed by atoms with Gasteiger partial charge < -0.3 is 5.32 Å². The van der Waals surface area contributed by atoms with Crippen molar-refractivity contribution in [1.29, 1.82) is 0 Å². The standard InChI is InChI=1S/C16H20N2/c1-13-10-14(12-18-11-13)8-9-16(17-2)15-6-4-3-5-7-15/h3-7,10-12,16-17H,8-9H2,1-2H3. The fourth-order valence-corrected chi connectivity index (χ4v) is 2.23. The van der Waals surface area contributed by atoms with Crippen LogP contribution in [0.3, 0.4) is 0 Å². The van der Waals surface area contributed by atoms with E-state index in [9.17, 15) is 0 Å². The van der Waals surface area contributed by atoms with E-state index in [4.69, 9.17) is 0 Å². The van der Waals surface area contributed by atoms with E-state index in [1.54, 1.807) is 0 Å². The van der Waals surface area contributed by atoms with Gasteiger partial charge in [0.25, 0.3) is 0 Å². The Morgan fingerprint density at radius 3 is 2.61 bits per heavy atom. The van der Waals surface area contributed by atoms with Gasteiger partial charge in [0.1, 0.15) is 0 Å². The number of aromatic nitrogens is 1. The first-order valence-electron chi connectivity index (χ1n) is 6.42. The summed E-state index contributed by atoms with van der Waals surface area (Å²) in [4.78, 5) is 4.24. The van der Waals surface area contributed by atoms with Gasteiger partial charge in [-0.1, -0.05) is 36.4 Å². The van der Waals surface area contributed by atoms with Gasteiger partial charge in [-0.2, -0.15) is 0 Å². The Kier molecular flexibility index (Phi) is 4.48. The smallest absolute Gasteiger partial charge is 0.0320 e. The van der Waals surface area contributed by atoms with Crippen LogP contribution in [0.25, 0.3) is 0 Å². The number of nitrogens with one attached hydrogen (secondary N) is 1. The van der Waals surface area contributed by atoms with Crippen molar-refractivity contribution in [2.45, 2.75) is 25.8 Å². The Labute approximate surface area is 109 Å². The monoisotopic (exact) mass is 240 g/mol. The number of hydrogen-bond donors (Lipinski definition) is 1. The van der Waals surface area contributed by atoms with Crippen molar-refractivity contribution >= 4 is 0 Å². The van der Waals surface area contributed by atoms with Gasteiger partial charge in [0.15, 0.2) is 0 Å². The highest BCUT2D eigenvalue weighted by Gasteiger charge is 2.08. The molecule has 1 aromatic carbocycles. The zero-order valence-electron chi connectivity index (χ0n) is 11.1. The number of pyridine rings is 1. The van der Waals surface area contributed by atoms with Crippen LogP contribution in [0.4, 0.5) is 0 Å². The van der Waals surface area contributed by atoms with E-state index in [1.165, 1.54) is 16.7 Å². The van der Waals surface area contributed by atoms with Crippen molar-refractivity contribution in [3.63, 3.8) is 0 Å². The van der Waals surface area contributed by atoms with Crippen LogP contribution in [0.5, 0.6) is 0 Å². The van der Waals surface area contributed by atoms with E-state index < -0.39 is 0 Å². The predicted molar refractivity (Wildman–Crippen MR) is 75.5 cm³/mol. The molecule has 1 unspecified atom stereocenters. The molecule has 1 N–H and O–H groups in total. The second kappa shape index (κ2) is 6.31. The van der Waals surface area contributed by atoms with Crippen LogP contribution in [0, 0.1) is 6.92 Å². The molecule has 1 atom stereocenters. The number of rotatable bonds is 5. The fraction of sp³-hybridized carbons (Fsp3) is 0.312. The molecule has 0 saturated carbocycles. The summed E-state index contributed by atoms with van der Waals surface area (Å²) in [6.07, 6.45) is 6.00. The minimum atomic E-state index is 0.409. The van der Waals surface area contributed by atoms with Crippen molar-refractivity contribution in [3.8, 4) is 0 Å². The lowest BCUT2D eigenvalue weighted by Gasteiger charge is -2.16. The van der Waals surface area contributed by atoms with Crippen LogP contribution in [-0.2, 0) is 6.42 Å². The molecule has 94 valence electrons. The van der Waals surface area contributed by atoms with E-state index >= 15 is 0 Å². The van der Waals surface area contributed by atoms with Gasteiger partial charge in [-0.05, 0) is 43.5 Å². The van der Waals surface area contributed by atoms with Gasteiger partial charge in [-0.25, -0.2) is 0 Å². The average Bonchev–Trinajstić information content (AvgIpc) is 2.41. The first-order chi connectivity index (χ1) is 8.79. The summed E-state index contributed by atoms with van der Waals surface area (Å²) in [5.74, 6) is 0. The number of benzene rings is 1. The SMILES string of the molecule is CNC(CCc1cncc(C)c1)c1ccccc1. The molecule has 1 aromatic heterocycles. The molecule has 18 heavy (non-hydrogen) atoms. The molecule has 0 bridgehead atoms. The van der Waals surface area contributed by atoms with E-state index in [0.717, 1.165) is 12.8 Å². The lowest BCUT2D eigenvalue weighted by atomic mass is 9.99. The molecule has 0 fully saturated rings. The zero-order valence-corrected chi connectivity index (χ0v) is 11.1. The molecule has 2 nitrogen and oxygen atoms in total. The summed E-state index contributed by atoms with van der Waals surface area (Å²) in [6.45, 7) is 2.09. The topological polar surface area (TPSA) is 24.9 Å². The molecule has 2 heteroatoms. The van der Waals surface area contributed by atoms with Gasteiger partial charge in [-0.15, -0.1) is 0 Å². The Morgan fingerprint density at radius 2 is 1.94 bits per heavy atom. The molecule has 0 amide bonds. The number of aryl methyl sites for hydroxylation is 2. The largest absolute Gasteiger partial charge is 0.313 e. The average molecular weight is 240 g/mol. The quantitative estimate of drug-likeness (QED) is 0.867. The first-order valence-corrected chi connectivity index (χ1v) is 6.42. The molecule has 1 heterocycles. The number of hydrogen-bond acceptors (Lipinski definition) is 2. The first kappa shape index (κ1) is 12.8. The third kappa shape index (κ3) is 3.41. The molecule has 0 saturated heterocycles. The molecule has 0 aliphatic heterocycles. The summed E-state index contributed by atoms with van der Waals surface area (Å²) >= 11 is 0. The maximum atomic E-state index is 4.24. The van der Waals surface area contributed by atoms with Crippen LogP contribution >= 0.6 is 0 Å². The summed E-state index contributed by atoms with van der Waals surface area (Å²) in [5.41, 5.74) is 3.89. The maximum Gasteiger partial charge on any atom is 0.0320 e. The van der Waals surface area contributed by atoms with E-state index in [0.29, 0.717) is 6.04 Å². The fourth-order valence-electron chi connectivity index (χ4n) is 2.23. The van der Waals surface area contributed by atoms with Crippen LogP contribution < -0.4 is 5.32 Å². The predicted octanol–water partition coefficient (Wildman–Crippen LogP) is 3.28. The number of nitrogens with zero attached hydrogens (tertiary/aromatic N) is 1. The van der Waals surface area contributed by atoms with Crippen molar-refractivity contribution in [2.75, 3.05) is 7.05 Å². The molecule has 0 aliphatic carbocycles. The lowest BCUT2D eigenvalue weighted by Crippen LogP contribution is -2.17. The normalized spacial score (nSPS) is 12.3. The van der Waals surface area contributed by atoms with Crippen LogP contribution in [0.2, 0.25) is 0 Å². The Bertz CT molecular complexity index is 479. The summed E-state index contributed by atoms with van der Waals surface area (Å²) < 4.78 is 0. The van der Waals surface area contributed by atoms with Crippen molar-refractivity contribution < 1.29 is 0 Å². The minimum absolute atomic E-state index is 0.409. The molecule has 0 radical (unpaired) electrons. The second-order valence-corrected chi connectivity index (χ2v) is 4.66. The third-order valence-electron chi connectivity index (χ3n) is 3.20. The van der Waals surface area contributed by atoms with Crippen LogP contribution in [0.1, 0.15) is 29.2 Å². The summed E-state index contributed by atoms with van der Waals surface area (Å²) in [7, 11) is 2.02. The molecular formula is C16H20N2.